The van der Waals surface area contributed by atoms with Gasteiger partial charge in [-0.1, -0.05) is 102 Å². The fourth-order valence-electron chi connectivity index (χ4n) is 5.06. The van der Waals surface area contributed by atoms with Gasteiger partial charge >= 0.3 is 5.91 Å². The van der Waals surface area contributed by atoms with Crippen LogP contribution in [0.1, 0.15) is 28.3 Å². The Labute approximate surface area is 261 Å². The summed E-state index contributed by atoms with van der Waals surface area (Å²) in [5.74, 6) is -1.59. The molecule has 220 valence electrons. The van der Waals surface area contributed by atoms with Crippen molar-refractivity contribution in [1.29, 1.82) is 0 Å². The number of aromatic nitrogens is 2. The van der Waals surface area contributed by atoms with Crippen molar-refractivity contribution in [2.45, 2.75) is 23.1 Å². The van der Waals surface area contributed by atoms with Gasteiger partial charge in [-0.3, -0.25) is 14.5 Å². The lowest BCUT2D eigenvalue weighted by Gasteiger charge is -2.22. The summed E-state index contributed by atoms with van der Waals surface area (Å²) in [7, 11) is 0. The van der Waals surface area contributed by atoms with Gasteiger partial charge < -0.3 is 9.84 Å². The zero-order valence-corrected chi connectivity index (χ0v) is 25.2. The van der Waals surface area contributed by atoms with Gasteiger partial charge in [0.25, 0.3) is 5.78 Å². The van der Waals surface area contributed by atoms with Gasteiger partial charge in [-0.15, -0.1) is 10.2 Å². The van der Waals surface area contributed by atoms with Gasteiger partial charge in [0.1, 0.15) is 23.9 Å². The normalized spacial score (nSPS) is 16.0. The monoisotopic (exact) mass is 623 g/mol. The standard InChI is InChI=1S/C34H26FN3O4S2/c1-3-17-42-25-15-13-22(14-16-25)29-28(30(39)23-12-11-20(2)27(35)18-23)31(40)32(41)38(29)33-36-37-34(44-33)43-19-24-9-6-8-21-7-4-5-10-26(21)24/h3-16,18,29,39H,1,17,19H2,2H3/b30-28+. The number of carbonyl (C=O) groups excluding carboxylic acids is 2. The minimum atomic E-state index is -1.03. The van der Waals surface area contributed by atoms with Crippen molar-refractivity contribution in [3.63, 3.8) is 0 Å². The largest absolute Gasteiger partial charge is 0.507 e. The Kier molecular flexibility index (Phi) is 8.28. The number of rotatable bonds is 9. The topological polar surface area (TPSA) is 92.6 Å². The van der Waals surface area contributed by atoms with E-state index in [1.165, 1.54) is 40.1 Å². The molecule has 1 atom stereocenters. The van der Waals surface area contributed by atoms with Crippen LogP contribution in [0, 0.1) is 12.7 Å². The Bertz CT molecular complexity index is 1930. The van der Waals surface area contributed by atoms with Gasteiger partial charge in [-0.05, 0) is 52.6 Å². The summed E-state index contributed by atoms with van der Waals surface area (Å²) in [6.07, 6.45) is 1.62. The summed E-state index contributed by atoms with van der Waals surface area (Å²) < 4.78 is 20.7. The molecule has 1 fully saturated rings. The number of amides is 1. The van der Waals surface area contributed by atoms with E-state index in [0.29, 0.717) is 33.6 Å². The quantitative estimate of drug-likeness (QED) is 0.0451. The third kappa shape index (κ3) is 5.61. The summed E-state index contributed by atoms with van der Waals surface area (Å²) in [6.45, 7) is 5.55. The molecule has 1 aliphatic rings. The smallest absolute Gasteiger partial charge is 0.301 e. The molecule has 1 aliphatic heterocycles. The first-order chi connectivity index (χ1) is 21.4. The zero-order valence-electron chi connectivity index (χ0n) is 23.6. The Morgan fingerprint density at radius 3 is 2.61 bits per heavy atom. The molecule has 0 aliphatic carbocycles. The Morgan fingerprint density at radius 2 is 1.84 bits per heavy atom. The average Bonchev–Trinajstić information content (AvgIpc) is 3.61. The predicted molar refractivity (Wildman–Crippen MR) is 171 cm³/mol. The number of aliphatic hydroxyl groups excluding tert-OH is 1. The van der Waals surface area contributed by atoms with Crippen LogP contribution in [-0.4, -0.2) is 33.6 Å². The number of aryl methyl sites for hydroxylation is 1. The molecule has 2 heterocycles. The molecular weight excluding hydrogens is 598 g/mol. The zero-order chi connectivity index (χ0) is 30.8. The molecule has 6 rings (SSSR count). The molecule has 44 heavy (non-hydrogen) atoms. The summed E-state index contributed by atoms with van der Waals surface area (Å²) in [5, 5.41) is 22.4. The number of Topliss-reactive ketones (excluding diaryl/α,β-unsaturated/α-hetero) is 1. The summed E-state index contributed by atoms with van der Waals surface area (Å²) in [6, 6.07) is 24.2. The number of thioether (sulfide) groups is 1. The number of nitrogens with zero attached hydrogens (tertiary/aromatic N) is 3. The Balaban J connectivity index is 1.37. The molecule has 1 aromatic heterocycles. The molecule has 10 heteroatoms. The van der Waals surface area contributed by atoms with Crippen LogP contribution in [0.3, 0.4) is 0 Å². The molecular formula is C34H26FN3O4S2. The number of hydrogen-bond acceptors (Lipinski definition) is 8. The van der Waals surface area contributed by atoms with E-state index >= 15 is 0 Å². The van der Waals surface area contributed by atoms with Crippen molar-refractivity contribution < 1.29 is 23.8 Å². The number of aliphatic hydroxyl groups is 1. The number of ether oxygens (including phenoxy) is 1. The lowest BCUT2D eigenvalue weighted by Crippen LogP contribution is -2.29. The molecule has 5 aromatic rings. The van der Waals surface area contributed by atoms with Crippen LogP contribution in [0.25, 0.3) is 16.5 Å². The van der Waals surface area contributed by atoms with Gasteiger partial charge in [0.15, 0.2) is 4.34 Å². The van der Waals surface area contributed by atoms with Crippen LogP contribution in [-0.2, 0) is 15.3 Å². The molecule has 1 amide bonds. The van der Waals surface area contributed by atoms with Gasteiger partial charge in [0.05, 0.1) is 11.6 Å². The summed E-state index contributed by atoms with van der Waals surface area (Å²) in [4.78, 5) is 28.3. The number of halogens is 1. The minimum absolute atomic E-state index is 0.0885. The molecule has 7 nitrogen and oxygen atoms in total. The van der Waals surface area contributed by atoms with E-state index in [1.807, 2.05) is 18.2 Å². The number of anilines is 1. The first kappa shape index (κ1) is 29.3. The van der Waals surface area contributed by atoms with Crippen molar-refractivity contribution in [3.8, 4) is 5.75 Å². The Hall–Kier alpha value is -4.80. The molecule has 0 saturated carbocycles. The second-order valence-electron chi connectivity index (χ2n) is 10.1. The van der Waals surface area contributed by atoms with Gasteiger partial charge in [0, 0.05) is 11.3 Å². The highest BCUT2D eigenvalue weighted by atomic mass is 32.2. The maximum absolute atomic E-state index is 14.5. The number of hydrogen-bond donors (Lipinski definition) is 1. The molecule has 1 unspecified atom stereocenters. The number of carbonyl (C=O) groups is 2. The first-order valence-corrected chi connectivity index (χ1v) is 15.5. The highest BCUT2D eigenvalue weighted by Gasteiger charge is 2.48. The maximum Gasteiger partial charge on any atom is 0.301 e. The molecule has 1 N–H and O–H groups in total. The first-order valence-electron chi connectivity index (χ1n) is 13.7. The SMILES string of the molecule is C=CCOc1ccc(C2/C(=C(\O)c3ccc(C)c(F)c3)C(=O)C(=O)N2c2nnc(SCc3cccc4ccccc34)s2)cc1. The molecule has 4 aromatic carbocycles. The highest BCUT2D eigenvalue weighted by molar-refractivity contribution is 8.00. The van der Waals surface area contributed by atoms with E-state index in [-0.39, 0.29) is 16.3 Å². The lowest BCUT2D eigenvalue weighted by atomic mass is 9.95. The van der Waals surface area contributed by atoms with Gasteiger partial charge in [-0.2, -0.15) is 0 Å². The van der Waals surface area contributed by atoms with Crippen LogP contribution in [0.2, 0.25) is 0 Å². The van der Waals surface area contributed by atoms with Crippen LogP contribution < -0.4 is 9.64 Å². The number of benzene rings is 4. The number of fused-ring (bicyclic) bond motifs is 1. The van der Waals surface area contributed by atoms with Crippen molar-refractivity contribution in [2.75, 3.05) is 11.5 Å². The predicted octanol–water partition coefficient (Wildman–Crippen LogP) is 7.62. The lowest BCUT2D eigenvalue weighted by molar-refractivity contribution is -0.132. The molecule has 1 saturated heterocycles. The van der Waals surface area contributed by atoms with Gasteiger partial charge in [-0.25, -0.2) is 4.39 Å². The van der Waals surface area contributed by atoms with E-state index in [9.17, 15) is 19.1 Å². The average molecular weight is 624 g/mol. The fraction of sp³-hybridized carbons (Fsp3) is 0.118. The van der Waals surface area contributed by atoms with Crippen molar-refractivity contribution >= 4 is 56.5 Å². The second kappa shape index (κ2) is 12.4. The van der Waals surface area contributed by atoms with E-state index in [1.54, 1.807) is 37.3 Å². The van der Waals surface area contributed by atoms with Crippen LogP contribution in [0.5, 0.6) is 5.75 Å². The third-order valence-electron chi connectivity index (χ3n) is 7.29. The van der Waals surface area contributed by atoms with Gasteiger partial charge in [0.2, 0.25) is 5.13 Å². The van der Waals surface area contributed by atoms with E-state index in [2.05, 4.69) is 41.0 Å². The summed E-state index contributed by atoms with van der Waals surface area (Å²) >= 11 is 2.66. The minimum Gasteiger partial charge on any atom is -0.507 e. The summed E-state index contributed by atoms with van der Waals surface area (Å²) in [5.41, 5.74) is 1.97. The van der Waals surface area contributed by atoms with E-state index < -0.39 is 29.3 Å². The van der Waals surface area contributed by atoms with E-state index in [0.717, 1.165) is 22.4 Å². The van der Waals surface area contributed by atoms with Crippen molar-refractivity contribution in [2.24, 2.45) is 0 Å². The fourth-order valence-corrected chi connectivity index (χ4v) is 6.93. The molecule has 0 bridgehead atoms. The number of ketones is 1. The Morgan fingerprint density at radius 1 is 1.07 bits per heavy atom. The highest BCUT2D eigenvalue weighted by Crippen LogP contribution is 2.44. The van der Waals surface area contributed by atoms with Crippen LogP contribution >= 0.6 is 23.1 Å². The molecule has 0 spiro atoms. The second-order valence-corrected chi connectivity index (χ2v) is 12.3. The van der Waals surface area contributed by atoms with E-state index in [4.69, 9.17) is 4.74 Å². The molecule has 0 radical (unpaired) electrons. The maximum atomic E-state index is 14.5. The third-order valence-corrected chi connectivity index (χ3v) is 9.39. The van der Waals surface area contributed by atoms with Crippen molar-refractivity contribution in [3.05, 3.63) is 131 Å². The van der Waals surface area contributed by atoms with Crippen LogP contribution in [0.4, 0.5) is 9.52 Å². The van der Waals surface area contributed by atoms with Crippen molar-refractivity contribution in [1.82, 2.24) is 10.2 Å². The van der Waals surface area contributed by atoms with Crippen LogP contribution in [0.15, 0.2) is 107 Å².